The highest BCUT2D eigenvalue weighted by Gasteiger charge is 2.07. The lowest BCUT2D eigenvalue weighted by atomic mass is 10.2. The van der Waals surface area contributed by atoms with E-state index < -0.39 is 9.84 Å². The summed E-state index contributed by atoms with van der Waals surface area (Å²) >= 11 is 0. The summed E-state index contributed by atoms with van der Waals surface area (Å²) in [5.74, 6) is 1.12. The predicted octanol–water partition coefficient (Wildman–Crippen LogP) is 2.30. The van der Waals surface area contributed by atoms with Crippen molar-refractivity contribution in [3.63, 3.8) is 0 Å². The van der Waals surface area contributed by atoms with Crippen molar-refractivity contribution in [1.82, 2.24) is 4.98 Å². The number of rotatable bonds is 4. The molecule has 2 rings (SSSR count). The van der Waals surface area contributed by atoms with Gasteiger partial charge in [0.1, 0.15) is 11.5 Å². The first-order chi connectivity index (χ1) is 9.36. The van der Waals surface area contributed by atoms with Crippen molar-refractivity contribution in [2.24, 2.45) is 5.73 Å². The van der Waals surface area contributed by atoms with E-state index >= 15 is 0 Å². The smallest absolute Gasteiger partial charge is 0.175 e. The highest BCUT2D eigenvalue weighted by Crippen LogP contribution is 2.23. The van der Waals surface area contributed by atoms with Crippen LogP contribution in [0.5, 0.6) is 11.5 Å². The Hall–Kier alpha value is -1.92. The molecule has 2 N–H and O–H groups in total. The topological polar surface area (TPSA) is 82.3 Å². The van der Waals surface area contributed by atoms with Crippen LogP contribution in [0.2, 0.25) is 0 Å². The number of nitrogens with two attached hydrogens (primary N) is 1. The van der Waals surface area contributed by atoms with Gasteiger partial charge in [-0.25, -0.2) is 8.42 Å². The number of pyridine rings is 1. The molecule has 6 heteroatoms. The van der Waals surface area contributed by atoms with E-state index in [-0.39, 0.29) is 10.9 Å². The minimum Gasteiger partial charge on any atom is -0.456 e. The average Bonchev–Trinajstić information content (AvgIpc) is 2.39. The molecule has 0 aliphatic heterocycles. The number of hydrogen-bond acceptors (Lipinski definition) is 5. The Balaban J connectivity index is 2.14. The van der Waals surface area contributed by atoms with Crippen LogP contribution in [0.25, 0.3) is 0 Å². The fourth-order valence-electron chi connectivity index (χ4n) is 1.61. The van der Waals surface area contributed by atoms with Crippen molar-refractivity contribution in [3.8, 4) is 11.5 Å². The summed E-state index contributed by atoms with van der Waals surface area (Å²) in [4.78, 5) is 4.44. The number of sulfone groups is 1. The second kappa shape index (κ2) is 5.60. The van der Waals surface area contributed by atoms with Crippen molar-refractivity contribution >= 4 is 9.84 Å². The average molecular weight is 292 g/mol. The lowest BCUT2D eigenvalue weighted by Crippen LogP contribution is -2.06. The first-order valence-electron chi connectivity index (χ1n) is 6.06. The van der Waals surface area contributed by atoms with Gasteiger partial charge in [-0.05, 0) is 43.3 Å². The lowest BCUT2D eigenvalue weighted by molar-refractivity contribution is 0.479. The Morgan fingerprint density at radius 2 is 1.70 bits per heavy atom. The molecule has 0 saturated carbocycles. The van der Waals surface area contributed by atoms with Crippen LogP contribution in [0.4, 0.5) is 0 Å². The fourth-order valence-corrected chi connectivity index (χ4v) is 2.24. The maximum atomic E-state index is 11.3. The molecule has 1 aromatic carbocycles. The zero-order chi connectivity index (χ0) is 14.8. The second-order valence-corrected chi connectivity index (χ2v) is 6.57. The van der Waals surface area contributed by atoms with Crippen LogP contribution in [0.3, 0.4) is 0 Å². The van der Waals surface area contributed by atoms with Crippen molar-refractivity contribution < 1.29 is 13.2 Å². The van der Waals surface area contributed by atoms with E-state index in [4.69, 9.17) is 10.5 Å². The molecule has 0 amide bonds. The Labute approximate surface area is 118 Å². The summed E-state index contributed by atoms with van der Waals surface area (Å²) in [5.41, 5.74) is 6.50. The highest BCUT2D eigenvalue weighted by molar-refractivity contribution is 7.90. The SMILES string of the molecule is C[C@H](N)c1ccc(Oc2ccc(S(C)(=O)=O)cc2)cn1. The van der Waals surface area contributed by atoms with Gasteiger partial charge < -0.3 is 10.5 Å². The number of ether oxygens (including phenoxy) is 1. The Morgan fingerprint density at radius 1 is 1.10 bits per heavy atom. The summed E-state index contributed by atoms with van der Waals surface area (Å²) in [7, 11) is -3.19. The number of hydrogen-bond donors (Lipinski definition) is 1. The minimum absolute atomic E-state index is 0.127. The summed E-state index contributed by atoms with van der Waals surface area (Å²) in [6.07, 6.45) is 2.75. The largest absolute Gasteiger partial charge is 0.456 e. The van der Waals surface area contributed by atoms with Crippen LogP contribution in [-0.2, 0) is 9.84 Å². The molecule has 2 aromatic rings. The van der Waals surface area contributed by atoms with Crippen LogP contribution in [-0.4, -0.2) is 19.7 Å². The molecule has 0 aliphatic carbocycles. The molecule has 0 radical (unpaired) electrons. The lowest BCUT2D eigenvalue weighted by Gasteiger charge is -2.08. The Morgan fingerprint density at radius 3 is 2.15 bits per heavy atom. The van der Waals surface area contributed by atoms with Gasteiger partial charge in [0, 0.05) is 12.3 Å². The van der Waals surface area contributed by atoms with Gasteiger partial charge in [0.15, 0.2) is 9.84 Å². The highest BCUT2D eigenvalue weighted by atomic mass is 32.2. The van der Waals surface area contributed by atoms with Gasteiger partial charge in [0.25, 0.3) is 0 Å². The van der Waals surface area contributed by atoms with Crippen molar-refractivity contribution in [1.29, 1.82) is 0 Å². The van der Waals surface area contributed by atoms with Crippen molar-refractivity contribution in [2.45, 2.75) is 17.9 Å². The third-order valence-corrected chi connectivity index (χ3v) is 3.84. The van der Waals surface area contributed by atoms with E-state index in [1.54, 1.807) is 30.5 Å². The molecule has 0 spiro atoms. The maximum Gasteiger partial charge on any atom is 0.175 e. The third kappa shape index (κ3) is 3.55. The van der Waals surface area contributed by atoms with Crippen molar-refractivity contribution in [2.75, 3.05) is 6.26 Å². The molecule has 1 aromatic heterocycles. The van der Waals surface area contributed by atoms with E-state index in [0.29, 0.717) is 11.5 Å². The molecule has 1 atom stereocenters. The molecule has 0 bridgehead atoms. The molecule has 0 aliphatic rings. The van der Waals surface area contributed by atoms with Crippen LogP contribution in [0, 0.1) is 0 Å². The predicted molar refractivity (Wildman–Crippen MR) is 76.5 cm³/mol. The number of nitrogens with zero attached hydrogens (tertiary/aromatic N) is 1. The Bertz CT molecular complexity index is 677. The van der Waals surface area contributed by atoms with Gasteiger partial charge in [0.05, 0.1) is 16.8 Å². The third-order valence-electron chi connectivity index (χ3n) is 2.71. The van der Waals surface area contributed by atoms with Crippen molar-refractivity contribution in [3.05, 3.63) is 48.3 Å². The summed E-state index contributed by atoms with van der Waals surface area (Å²) in [6.45, 7) is 1.85. The van der Waals surface area contributed by atoms with E-state index in [9.17, 15) is 8.42 Å². The molecule has 5 nitrogen and oxygen atoms in total. The molecular formula is C14H16N2O3S. The first kappa shape index (κ1) is 14.5. The molecule has 0 unspecified atom stereocenters. The molecule has 106 valence electrons. The van der Waals surface area contributed by atoms with E-state index in [0.717, 1.165) is 5.69 Å². The summed E-state index contributed by atoms with van der Waals surface area (Å²) in [6, 6.07) is 9.67. The molecular weight excluding hydrogens is 276 g/mol. The fraction of sp³-hybridized carbons (Fsp3) is 0.214. The standard InChI is InChI=1S/C14H16N2O3S/c1-10(15)14-8-5-12(9-16-14)19-11-3-6-13(7-4-11)20(2,17)18/h3-10H,15H2,1-2H3/t10-/m0/s1. The molecule has 1 heterocycles. The van der Waals surface area contributed by atoms with Gasteiger partial charge in [-0.2, -0.15) is 0 Å². The van der Waals surface area contributed by atoms with Gasteiger partial charge >= 0.3 is 0 Å². The number of aromatic nitrogens is 1. The van der Waals surface area contributed by atoms with Crippen LogP contribution < -0.4 is 10.5 Å². The van der Waals surface area contributed by atoms with E-state index in [1.807, 2.05) is 6.92 Å². The summed E-state index contributed by atoms with van der Waals surface area (Å²) < 4.78 is 28.3. The minimum atomic E-state index is -3.19. The van der Waals surface area contributed by atoms with Crippen LogP contribution in [0.15, 0.2) is 47.5 Å². The second-order valence-electron chi connectivity index (χ2n) is 4.55. The van der Waals surface area contributed by atoms with Gasteiger partial charge in [0.2, 0.25) is 0 Å². The zero-order valence-corrected chi connectivity index (χ0v) is 12.1. The van der Waals surface area contributed by atoms with Gasteiger partial charge in [-0.3, -0.25) is 4.98 Å². The number of benzene rings is 1. The molecule has 0 saturated heterocycles. The van der Waals surface area contributed by atoms with E-state index in [2.05, 4.69) is 4.98 Å². The van der Waals surface area contributed by atoms with Crippen LogP contribution in [0.1, 0.15) is 18.7 Å². The van der Waals surface area contributed by atoms with Gasteiger partial charge in [-0.15, -0.1) is 0 Å². The zero-order valence-electron chi connectivity index (χ0n) is 11.3. The summed E-state index contributed by atoms with van der Waals surface area (Å²) in [5, 5.41) is 0. The van der Waals surface area contributed by atoms with Gasteiger partial charge in [-0.1, -0.05) is 0 Å². The van der Waals surface area contributed by atoms with Crippen LogP contribution >= 0.6 is 0 Å². The monoisotopic (exact) mass is 292 g/mol. The van der Waals surface area contributed by atoms with E-state index in [1.165, 1.54) is 18.4 Å². The first-order valence-corrected chi connectivity index (χ1v) is 7.95. The molecule has 0 fully saturated rings. The normalized spacial score (nSPS) is 12.9. The quantitative estimate of drug-likeness (QED) is 0.935. The Kier molecular flexibility index (Phi) is 4.06. The maximum absolute atomic E-state index is 11.3. The molecule has 20 heavy (non-hydrogen) atoms.